The third kappa shape index (κ3) is 6.13. The number of hydrogen-bond acceptors (Lipinski definition) is 2. The van der Waals surface area contributed by atoms with E-state index in [2.05, 4.69) is 24.2 Å². The Labute approximate surface area is 116 Å². The largest absolute Gasteiger partial charge is 0.495 e. The van der Waals surface area contributed by atoms with Gasteiger partial charge in [0, 0.05) is 6.54 Å². The molecule has 0 bridgehead atoms. The minimum Gasteiger partial charge on any atom is -0.495 e. The third-order valence-electron chi connectivity index (χ3n) is 2.84. The van der Waals surface area contributed by atoms with Crippen molar-refractivity contribution in [1.82, 2.24) is 0 Å². The van der Waals surface area contributed by atoms with Crippen LogP contribution >= 0.6 is 0 Å². The lowest BCUT2D eigenvalue weighted by molar-refractivity contribution is 0.417. The average molecular weight is 263 g/mol. The predicted molar refractivity (Wildman–Crippen MR) is 81.8 cm³/mol. The second-order valence-electron chi connectivity index (χ2n) is 4.98. The van der Waals surface area contributed by atoms with Crippen LogP contribution in [0.15, 0.2) is 29.3 Å². The molecule has 0 aliphatic carbocycles. The quantitative estimate of drug-likeness (QED) is 0.451. The summed E-state index contributed by atoms with van der Waals surface area (Å²) >= 11 is 0. The highest BCUT2D eigenvalue weighted by Gasteiger charge is 2.01. The monoisotopic (exact) mass is 263 g/mol. The smallest absolute Gasteiger partial charge is 0.193 e. The second-order valence-corrected chi connectivity index (χ2v) is 4.98. The number of nitrogens with one attached hydrogen (secondary N) is 1. The fourth-order valence-corrected chi connectivity index (χ4v) is 1.79. The molecule has 0 spiro atoms. The summed E-state index contributed by atoms with van der Waals surface area (Å²) in [5.74, 6) is 1.96. The van der Waals surface area contributed by atoms with Gasteiger partial charge in [0.2, 0.25) is 0 Å². The Kier molecular flexibility index (Phi) is 6.79. The van der Waals surface area contributed by atoms with E-state index in [0.717, 1.165) is 30.3 Å². The van der Waals surface area contributed by atoms with Crippen molar-refractivity contribution < 1.29 is 4.74 Å². The van der Waals surface area contributed by atoms with Gasteiger partial charge in [-0.05, 0) is 24.5 Å². The maximum atomic E-state index is 5.85. The first-order valence-electron chi connectivity index (χ1n) is 6.83. The maximum absolute atomic E-state index is 5.85. The van der Waals surface area contributed by atoms with E-state index in [0.29, 0.717) is 5.96 Å². The molecule has 4 heteroatoms. The van der Waals surface area contributed by atoms with Gasteiger partial charge in [0.05, 0.1) is 12.8 Å². The topological polar surface area (TPSA) is 59.6 Å². The maximum Gasteiger partial charge on any atom is 0.193 e. The zero-order valence-corrected chi connectivity index (χ0v) is 12.1. The van der Waals surface area contributed by atoms with Gasteiger partial charge >= 0.3 is 0 Å². The summed E-state index contributed by atoms with van der Waals surface area (Å²) in [6, 6.07) is 7.66. The summed E-state index contributed by atoms with van der Waals surface area (Å²) in [6.07, 6.45) is 3.52. The number of rotatable bonds is 7. The van der Waals surface area contributed by atoms with Gasteiger partial charge in [-0.2, -0.15) is 0 Å². The molecule has 19 heavy (non-hydrogen) atoms. The van der Waals surface area contributed by atoms with Gasteiger partial charge in [-0.25, -0.2) is 0 Å². The van der Waals surface area contributed by atoms with Gasteiger partial charge in [0.1, 0.15) is 5.75 Å². The molecule has 0 saturated heterocycles. The summed E-state index contributed by atoms with van der Waals surface area (Å²) < 4.78 is 5.24. The van der Waals surface area contributed by atoms with Crippen molar-refractivity contribution in [3.63, 3.8) is 0 Å². The Bertz CT molecular complexity index is 402. The molecule has 1 aromatic rings. The number of anilines is 1. The van der Waals surface area contributed by atoms with Crippen LogP contribution in [0.1, 0.15) is 33.1 Å². The van der Waals surface area contributed by atoms with E-state index in [9.17, 15) is 0 Å². The van der Waals surface area contributed by atoms with E-state index >= 15 is 0 Å². The highest BCUT2D eigenvalue weighted by atomic mass is 16.5. The van der Waals surface area contributed by atoms with Crippen molar-refractivity contribution in [3.8, 4) is 5.75 Å². The first kappa shape index (κ1) is 15.3. The lowest BCUT2D eigenvalue weighted by atomic mass is 10.1. The molecule has 0 aromatic heterocycles. The molecule has 3 N–H and O–H groups in total. The van der Waals surface area contributed by atoms with E-state index in [1.165, 1.54) is 12.8 Å². The third-order valence-corrected chi connectivity index (χ3v) is 2.84. The van der Waals surface area contributed by atoms with Crippen LogP contribution in [-0.2, 0) is 0 Å². The molecule has 1 aromatic carbocycles. The summed E-state index contributed by atoms with van der Waals surface area (Å²) in [7, 11) is 1.64. The summed E-state index contributed by atoms with van der Waals surface area (Å²) in [6.45, 7) is 5.24. The number of ether oxygens (including phenoxy) is 1. The highest BCUT2D eigenvalue weighted by Crippen LogP contribution is 2.22. The number of benzene rings is 1. The Morgan fingerprint density at radius 3 is 2.74 bits per heavy atom. The first-order valence-corrected chi connectivity index (χ1v) is 6.83. The molecular formula is C15H25N3O. The molecule has 0 unspecified atom stereocenters. The van der Waals surface area contributed by atoms with Crippen molar-refractivity contribution in [2.75, 3.05) is 19.0 Å². The summed E-state index contributed by atoms with van der Waals surface area (Å²) in [4.78, 5) is 4.32. The Balaban J connectivity index is 2.39. The van der Waals surface area contributed by atoms with E-state index < -0.39 is 0 Å². The second kappa shape index (κ2) is 8.40. The van der Waals surface area contributed by atoms with Crippen molar-refractivity contribution in [1.29, 1.82) is 0 Å². The molecule has 4 nitrogen and oxygen atoms in total. The zero-order valence-electron chi connectivity index (χ0n) is 12.1. The van der Waals surface area contributed by atoms with Gasteiger partial charge in [0.25, 0.3) is 0 Å². The molecule has 0 atom stereocenters. The number of nitrogens with zero attached hydrogens (tertiary/aromatic N) is 1. The molecule has 106 valence electrons. The van der Waals surface area contributed by atoms with Crippen LogP contribution in [0.5, 0.6) is 5.75 Å². The minimum absolute atomic E-state index is 0.439. The van der Waals surface area contributed by atoms with E-state index in [4.69, 9.17) is 10.5 Å². The lowest BCUT2D eigenvalue weighted by Crippen LogP contribution is -2.23. The van der Waals surface area contributed by atoms with Crippen LogP contribution in [-0.4, -0.2) is 19.6 Å². The molecule has 0 heterocycles. The molecule has 0 aliphatic rings. The van der Waals surface area contributed by atoms with Crippen molar-refractivity contribution in [3.05, 3.63) is 24.3 Å². The Morgan fingerprint density at radius 2 is 2.05 bits per heavy atom. The van der Waals surface area contributed by atoms with Crippen LogP contribution in [0.25, 0.3) is 0 Å². The fourth-order valence-electron chi connectivity index (χ4n) is 1.79. The number of guanidine groups is 1. The van der Waals surface area contributed by atoms with Gasteiger partial charge in [-0.15, -0.1) is 0 Å². The number of unbranched alkanes of at least 4 members (excludes halogenated alkanes) is 1. The molecule has 0 radical (unpaired) electrons. The van der Waals surface area contributed by atoms with E-state index in [1.807, 2.05) is 24.3 Å². The SMILES string of the molecule is COc1ccccc1NC(N)=NCCCCC(C)C. The van der Waals surface area contributed by atoms with Crippen LogP contribution in [0.2, 0.25) is 0 Å². The summed E-state index contributed by atoms with van der Waals surface area (Å²) in [5.41, 5.74) is 6.70. The van der Waals surface area contributed by atoms with Crippen LogP contribution in [0, 0.1) is 5.92 Å². The first-order chi connectivity index (χ1) is 9.13. The molecule has 0 amide bonds. The number of aliphatic imine (C=N–C) groups is 1. The lowest BCUT2D eigenvalue weighted by Gasteiger charge is -2.10. The van der Waals surface area contributed by atoms with Crippen molar-refractivity contribution in [2.45, 2.75) is 33.1 Å². The van der Waals surface area contributed by atoms with Gasteiger partial charge in [0.15, 0.2) is 5.96 Å². The number of para-hydroxylation sites is 2. The number of hydrogen-bond donors (Lipinski definition) is 2. The number of methoxy groups -OCH3 is 1. The Hall–Kier alpha value is -1.71. The van der Waals surface area contributed by atoms with Gasteiger partial charge in [-0.1, -0.05) is 38.8 Å². The highest BCUT2D eigenvalue weighted by molar-refractivity contribution is 5.93. The molecule has 1 rings (SSSR count). The molecular weight excluding hydrogens is 238 g/mol. The average Bonchev–Trinajstić information content (AvgIpc) is 2.38. The summed E-state index contributed by atoms with van der Waals surface area (Å²) in [5, 5.41) is 3.06. The van der Waals surface area contributed by atoms with Gasteiger partial charge in [-0.3, -0.25) is 4.99 Å². The van der Waals surface area contributed by atoms with Crippen LogP contribution < -0.4 is 15.8 Å². The predicted octanol–water partition coefficient (Wildman–Crippen LogP) is 3.25. The Morgan fingerprint density at radius 1 is 1.32 bits per heavy atom. The van der Waals surface area contributed by atoms with Crippen LogP contribution in [0.3, 0.4) is 0 Å². The molecule has 0 aliphatic heterocycles. The minimum atomic E-state index is 0.439. The van der Waals surface area contributed by atoms with Crippen LogP contribution in [0.4, 0.5) is 5.69 Å². The number of nitrogens with two attached hydrogens (primary N) is 1. The van der Waals surface area contributed by atoms with Crippen molar-refractivity contribution in [2.24, 2.45) is 16.6 Å². The fraction of sp³-hybridized carbons (Fsp3) is 0.533. The normalized spacial score (nSPS) is 11.7. The van der Waals surface area contributed by atoms with Crippen molar-refractivity contribution >= 4 is 11.6 Å². The standard InChI is InChI=1S/C15H25N3O/c1-12(2)8-6-7-11-17-15(16)18-13-9-4-5-10-14(13)19-3/h4-5,9-10,12H,6-8,11H2,1-3H3,(H3,16,17,18). The van der Waals surface area contributed by atoms with Gasteiger partial charge < -0.3 is 15.8 Å². The van der Waals surface area contributed by atoms with E-state index in [-0.39, 0.29) is 0 Å². The van der Waals surface area contributed by atoms with E-state index in [1.54, 1.807) is 7.11 Å². The molecule has 0 fully saturated rings. The zero-order chi connectivity index (χ0) is 14.1. The molecule has 0 saturated carbocycles.